The average Bonchev–Trinajstić information content (AvgIpc) is 3.26. The van der Waals surface area contributed by atoms with Crippen LogP contribution in [0.2, 0.25) is 0 Å². The molecule has 1 saturated heterocycles. The van der Waals surface area contributed by atoms with E-state index in [1.54, 1.807) is 17.0 Å². The van der Waals surface area contributed by atoms with Gasteiger partial charge in [0, 0.05) is 38.4 Å². The molecule has 2 heterocycles. The van der Waals surface area contributed by atoms with E-state index in [0.717, 1.165) is 10.2 Å². The molecule has 1 N–H and O–H groups in total. The van der Waals surface area contributed by atoms with Gasteiger partial charge >= 0.3 is 12.0 Å². The van der Waals surface area contributed by atoms with Crippen molar-refractivity contribution in [1.29, 1.82) is 0 Å². The molecule has 0 unspecified atom stereocenters. The molecular formula is C23H23FN4O4. The minimum atomic E-state index is -1.17. The van der Waals surface area contributed by atoms with Crippen LogP contribution in [0.15, 0.2) is 60.8 Å². The number of carboxylic acid groups (broad SMARTS) is 1. The van der Waals surface area contributed by atoms with E-state index in [-0.39, 0.29) is 23.6 Å². The molecule has 4 rings (SSSR count). The van der Waals surface area contributed by atoms with Gasteiger partial charge < -0.3 is 14.7 Å². The van der Waals surface area contributed by atoms with E-state index in [2.05, 4.69) is 10.00 Å². The Kier molecular flexibility index (Phi) is 6.18. The molecule has 8 nitrogen and oxygen atoms in total. The highest BCUT2D eigenvalue weighted by Crippen LogP contribution is 2.23. The molecule has 0 radical (unpaired) electrons. The third-order valence-corrected chi connectivity index (χ3v) is 5.32. The van der Waals surface area contributed by atoms with Crippen LogP contribution in [0.25, 0.3) is 0 Å². The Morgan fingerprint density at radius 2 is 1.91 bits per heavy atom. The number of hydrogen-bond donors (Lipinski definition) is 1. The van der Waals surface area contributed by atoms with E-state index in [4.69, 9.17) is 9.84 Å². The van der Waals surface area contributed by atoms with E-state index < -0.39 is 5.97 Å². The molecule has 1 aromatic heterocycles. The molecule has 32 heavy (non-hydrogen) atoms. The Morgan fingerprint density at radius 3 is 2.59 bits per heavy atom. The second-order valence-corrected chi connectivity index (χ2v) is 7.71. The number of carbonyl (C=O) groups excluding carboxylic acids is 1. The van der Waals surface area contributed by atoms with Crippen molar-refractivity contribution in [2.75, 3.05) is 19.6 Å². The third kappa shape index (κ3) is 4.94. The molecule has 0 saturated carbocycles. The molecule has 2 aromatic carbocycles. The number of rotatable bonds is 5. The number of aromatic carboxylic acids is 1. The lowest BCUT2D eigenvalue weighted by Gasteiger charge is -2.39. The van der Waals surface area contributed by atoms with Gasteiger partial charge in [0.1, 0.15) is 17.3 Å². The molecule has 0 bridgehead atoms. The van der Waals surface area contributed by atoms with Crippen molar-refractivity contribution in [3.05, 3.63) is 77.9 Å². The number of ether oxygens (including phenoxy) is 1. The number of carbonyl (C=O) groups is 2. The number of halogens is 1. The molecule has 3 aromatic rings. The van der Waals surface area contributed by atoms with Gasteiger partial charge in [-0.15, -0.1) is 0 Å². The number of benzene rings is 2. The second kappa shape index (κ2) is 9.19. The fourth-order valence-electron chi connectivity index (χ4n) is 3.74. The first-order valence-corrected chi connectivity index (χ1v) is 10.2. The van der Waals surface area contributed by atoms with Crippen LogP contribution in [-0.2, 0) is 6.54 Å². The Labute approximate surface area is 184 Å². The SMILES string of the molecule is C[C@H]1CN(Cc2cccc(Oc3ccc(F)cc3)c2)CCN1C(=O)n1ccc(C(=O)O)n1. The van der Waals surface area contributed by atoms with Gasteiger partial charge in [-0.2, -0.15) is 9.78 Å². The van der Waals surface area contributed by atoms with E-state index in [0.29, 0.717) is 37.7 Å². The molecule has 1 aliphatic heterocycles. The van der Waals surface area contributed by atoms with Gasteiger partial charge in [-0.25, -0.2) is 14.0 Å². The lowest BCUT2D eigenvalue weighted by molar-refractivity contribution is 0.0689. The zero-order valence-corrected chi connectivity index (χ0v) is 17.5. The Morgan fingerprint density at radius 1 is 1.12 bits per heavy atom. The standard InChI is InChI=1S/C23H23FN4O4/c1-16-14-26(11-12-27(16)23(31)28-10-9-21(25-28)22(29)30)15-17-3-2-4-20(13-17)32-19-7-5-18(24)6-8-19/h2-10,13,16H,11-12,14-15H2,1H3,(H,29,30)/t16-/m0/s1. The van der Waals surface area contributed by atoms with Crippen molar-refractivity contribution in [3.63, 3.8) is 0 Å². The van der Waals surface area contributed by atoms with Crippen molar-refractivity contribution in [3.8, 4) is 11.5 Å². The number of aromatic nitrogens is 2. The molecule has 166 valence electrons. The van der Waals surface area contributed by atoms with Gasteiger partial charge in [0.05, 0.1) is 0 Å². The Bertz CT molecular complexity index is 1120. The third-order valence-electron chi connectivity index (χ3n) is 5.32. The van der Waals surface area contributed by atoms with Gasteiger partial charge in [-0.3, -0.25) is 4.90 Å². The summed E-state index contributed by atoms with van der Waals surface area (Å²) in [6.07, 6.45) is 1.37. The summed E-state index contributed by atoms with van der Waals surface area (Å²) in [5.74, 6) is -0.245. The Hall–Kier alpha value is -3.72. The zero-order chi connectivity index (χ0) is 22.7. The number of carboxylic acids is 1. The first-order valence-electron chi connectivity index (χ1n) is 10.2. The lowest BCUT2D eigenvalue weighted by Crippen LogP contribution is -2.54. The van der Waals surface area contributed by atoms with Crippen molar-refractivity contribution in [1.82, 2.24) is 19.6 Å². The predicted octanol–water partition coefficient (Wildman–Crippen LogP) is 3.69. The van der Waals surface area contributed by atoms with Crippen molar-refractivity contribution >= 4 is 12.0 Å². The second-order valence-electron chi connectivity index (χ2n) is 7.71. The summed E-state index contributed by atoms with van der Waals surface area (Å²) in [6, 6.07) is 14.5. The van der Waals surface area contributed by atoms with E-state index in [1.165, 1.54) is 24.4 Å². The van der Waals surface area contributed by atoms with Crippen LogP contribution in [0, 0.1) is 5.82 Å². The lowest BCUT2D eigenvalue weighted by atomic mass is 10.1. The topological polar surface area (TPSA) is 87.9 Å². The van der Waals surface area contributed by atoms with Crippen LogP contribution < -0.4 is 4.74 Å². The van der Waals surface area contributed by atoms with E-state index >= 15 is 0 Å². The summed E-state index contributed by atoms with van der Waals surface area (Å²) in [4.78, 5) is 27.7. The summed E-state index contributed by atoms with van der Waals surface area (Å²) in [5.41, 5.74) is 0.905. The van der Waals surface area contributed by atoms with Crippen molar-refractivity contribution in [2.45, 2.75) is 19.5 Å². The molecule has 0 aliphatic carbocycles. The van der Waals surface area contributed by atoms with Crippen LogP contribution in [0.3, 0.4) is 0 Å². The summed E-state index contributed by atoms with van der Waals surface area (Å²) in [7, 11) is 0. The van der Waals surface area contributed by atoms with Crippen molar-refractivity contribution in [2.24, 2.45) is 0 Å². The zero-order valence-electron chi connectivity index (χ0n) is 17.5. The maximum absolute atomic E-state index is 13.1. The smallest absolute Gasteiger partial charge is 0.356 e. The number of amides is 1. The first-order chi connectivity index (χ1) is 15.4. The quantitative estimate of drug-likeness (QED) is 0.654. The minimum absolute atomic E-state index is 0.0626. The van der Waals surface area contributed by atoms with Crippen LogP contribution >= 0.6 is 0 Å². The first kappa shape index (κ1) is 21.5. The summed E-state index contributed by atoms with van der Waals surface area (Å²) in [5, 5.41) is 12.8. The number of hydrogen-bond acceptors (Lipinski definition) is 5. The van der Waals surface area contributed by atoms with E-state index in [1.807, 2.05) is 31.2 Å². The fourth-order valence-corrected chi connectivity index (χ4v) is 3.74. The largest absolute Gasteiger partial charge is 0.476 e. The molecule has 1 fully saturated rings. The van der Waals surface area contributed by atoms with Crippen molar-refractivity contribution < 1.29 is 23.8 Å². The molecule has 9 heteroatoms. The van der Waals surface area contributed by atoms with Gasteiger partial charge in [-0.05, 0) is 55.0 Å². The van der Waals surface area contributed by atoms with Crippen LogP contribution in [-0.4, -0.2) is 62.4 Å². The summed E-state index contributed by atoms with van der Waals surface area (Å²) >= 11 is 0. The average molecular weight is 438 g/mol. The van der Waals surface area contributed by atoms with Crippen LogP contribution in [0.1, 0.15) is 23.0 Å². The molecule has 0 spiro atoms. The maximum atomic E-state index is 13.1. The monoisotopic (exact) mass is 438 g/mol. The molecular weight excluding hydrogens is 415 g/mol. The fraction of sp³-hybridized carbons (Fsp3) is 0.261. The predicted molar refractivity (Wildman–Crippen MR) is 114 cm³/mol. The highest BCUT2D eigenvalue weighted by molar-refractivity contribution is 5.86. The minimum Gasteiger partial charge on any atom is -0.476 e. The summed E-state index contributed by atoms with van der Waals surface area (Å²) < 4.78 is 20.0. The van der Waals surface area contributed by atoms with Gasteiger partial charge in [0.25, 0.3) is 0 Å². The molecule has 1 aliphatic rings. The number of piperazine rings is 1. The normalized spacial score (nSPS) is 16.7. The molecule has 1 amide bonds. The molecule has 1 atom stereocenters. The maximum Gasteiger partial charge on any atom is 0.356 e. The van der Waals surface area contributed by atoms with E-state index in [9.17, 15) is 14.0 Å². The Balaban J connectivity index is 1.36. The van der Waals surface area contributed by atoms with Crippen LogP contribution in [0.4, 0.5) is 9.18 Å². The van der Waals surface area contributed by atoms with Crippen LogP contribution in [0.5, 0.6) is 11.5 Å². The van der Waals surface area contributed by atoms with Gasteiger partial charge in [0.15, 0.2) is 5.69 Å². The van der Waals surface area contributed by atoms with Gasteiger partial charge in [-0.1, -0.05) is 12.1 Å². The number of nitrogens with zero attached hydrogens (tertiary/aromatic N) is 4. The highest BCUT2D eigenvalue weighted by Gasteiger charge is 2.29. The summed E-state index contributed by atoms with van der Waals surface area (Å²) in [6.45, 7) is 4.50. The highest BCUT2D eigenvalue weighted by atomic mass is 19.1. The van der Waals surface area contributed by atoms with Gasteiger partial charge in [0.2, 0.25) is 0 Å².